The Balaban J connectivity index is 2.68. The third kappa shape index (κ3) is 6.51. The summed E-state index contributed by atoms with van der Waals surface area (Å²) < 4.78 is 11.2. The van der Waals surface area contributed by atoms with E-state index >= 15 is 0 Å². The summed E-state index contributed by atoms with van der Waals surface area (Å²) in [5.74, 6) is 0. The van der Waals surface area contributed by atoms with Gasteiger partial charge in [-0.3, -0.25) is 4.39 Å². The van der Waals surface area contributed by atoms with Gasteiger partial charge >= 0.3 is 0 Å². The van der Waals surface area contributed by atoms with Gasteiger partial charge in [0.15, 0.2) is 0 Å². The molecule has 0 amide bonds. The zero-order valence-electron chi connectivity index (χ0n) is 3.83. The molecule has 0 fully saturated rings. The second-order valence-corrected chi connectivity index (χ2v) is 2.50. The van der Waals surface area contributed by atoms with Gasteiger partial charge < -0.3 is 0 Å². The van der Waals surface area contributed by atoms with Crippen LogP contribution in [0.3, 0.4) is 0 Å². The van der Waals surface area contributed by atoms with Gasteiger partial charge in [0.1, 0.15) is 4.84 Å². The molecule has 0 saturated carbocycles. The fourth-order valence-corrected chi connectivity index (χ4v) is 0.540. The maximum absolute atomic E-state index is 11.2. The van der Waals surface area contributed by atoms with Crippen molar-refractivity contribution in [2.24, 2.45) is 0 Å². The molecule has 0 heterocycles. The molecule has 0 rings (SSSR count). The van der Waals surface area contributed by atoms with Crippen LogP contribution < -0.4 is 0 Å². The molecule has 7 heavy (non-hydrogen) atoms. The monoisotopic (exact) mass is 144 g/mol. The van der Waals surface area contributed by atoms with Crippen LogP contribution in [-0.2, 0) is 0 Å². The molecule has 0 atom stereocenters. The highest BCUT2D eigenvalue weighted by Crippen LogP contribution is 2.08. The third-order valence-electron chi connectivity index (χ3n) is 0.556. The minimum Gasteiger partial charge on any atom is -0.251 e. The van der Waals surface area contributed by atoms with Gasteiger partial charge in [0, 0.05) is 0 Å². The van der Waals surface area contributed by atoms with Gasteiger partial charge in [-0.05, 0) is 12.8 Å². The van der Waals surface area contributed by atoms with E-state index in [9.17, 15) is 4.39 Å². The van der Waals surface area contributed by atoms with Crippen LogP contribution in [0.2, 0.25) is 0 Å². The lowest BCUT2D eigenvalue weighted by atomic mass is 10.4. The Morgan fingerprint density at radius 3 is 2.14 bits per heavy atom. The van der Waals surface area contributed by atoms with Gasteiger partial charge in [-0.1, -0.05) is 0 Å². The zero-order valence-corrected chi connectivity index (χ0v) is 5.34. The molecule has 3 heteroatoms. The first-order chi connectivity index (χ1) is 3.27. The Labute approximate surface area is 52.6 Å². The number of alkyl halides is 3. The highest BCUT2D eigenvalue weighted by Gasteiger charge is 1.95. The second kappa shape index (κ2) is 4.66. The highest BCUT2D eigenvalue weighted by atomic mass is 35.5. The van der Waals surface area contributed by atoms with Crippen LogP contribution in [0, 0.1) is 0 Å². The van der Waals surface area contributed by atoms with Crippen molar-refractivity contribution in [3.8, 4) is 0 Å². The van der Waals surface area contributed by atoms with Gasteiger partial charge in [-0.15, -0.1) is 23.2 Å². The zero-order chi connectivity index (χ0) is 5.70. The molecular weight excluding hydrogens is 138 g/mol. The molecule has 44 valence electrons. The molecule has 0 aliphatic carbocycles. The van der Waals surface area contributed by atoms with Crippen molar-refractivity contribution in [2.75, 3.05) is 6.67 Å². The Morgan fingerprint density at radius 1 is 1.43 bits per heavy atom. The van der Waals surface area contributed by atoms with Gasteiger partial charge in [0.2, 0.25) is 0 Å². The van der Waals surface area contributed by atoms with Crippen LogP contribution in [0.4, 0.5) is 4.39 Å². The van der Waals surface area contributed by atoms with Crippen molar-refractivity contribution in [3.63, 3.8) is 0 Å². The highest BCUT2D eigenvalue weighted by molar-refractivity contribution is 6.44. The molecule has 0 nitrogen and oxygen atoms in total. The summed E-state index contributed by atoms with van der Waals surface area (Å²) in [6, 6.07) is 0. The maximum Gasteiger partial charge on any atom is 0.107 e. The van der Waals surface area contributed by atoms with Gasteiger partial charge in [-0.25, -0.2) is 0 Å². The molecular formula is C4H7Cl2F. The summed E-state index contributed by atoms with van der Waals surface area (Å²) in [5, 5.41) is 0. The van der Waals surface area contributed by atoms with E-state index in [1.807, 2.05) is 0 Å². The van der Waals surface area contributed by atoms with E-state index < -0.39 is 4.84 Å². The van der Waals surface area contributed by atoms with E-state index in [2.05, 4.69) is 0 Å². The molecule has 0 aliphatic rings. The van der Waals surface area contributed by atoms with E-state index in [1.54, 1.807) is 0 Å². The summed E-state index contributed by atoms with van der Waals surface area (Å²) in [6.45, 7) is -0.323. The fraction of sp³-hybridized carbons (Fsp3) is 1.00. The predicted octanol–water partition coefficient (Wildman–Crippen LogP) is 2.54. The standard InChI is InChI=1S/C4H7Cl2F/c5-4(6)2-1-3-7/h4H,1-3H2. The largest absolute Gasteiger partial charge is 0.251 e. The van der Waals surface area contributed by atoms with Crippen LogP contribution in [-0.4, -0.2) is 11.5 Å². The maximum atomic E-state index is 11.2. The number of rotatable bonds is 3. The predicted molar refractivity (Wildman–Crippen MR) is 30.7 cm³/mol. The molecule has 0 aliphatic heterocycles. The molecule has 0 aromatic carbocycles. The number of hydrogen-bond donors (Lipinski definition) is 0. The second-order valence-electron chi connectivity index (χ2n) is 1.22. The smallest absolute Gasteiger partial charge is 0.107 e. The Kier molecular flexibility index (Phi) is 5.00. The average Bonchev–Trinajstić information content (AvgIpc) is 1.61. The Bertz CT molecular complexity index is 38.7. The van der Waals surface area contributed by atoms with Crippen LogP contribution >= 0.6 is 23.2 Å². The molecule has 0 bridgehead atoms. The van der Waals surface area contributed by atoms with E-state index in [4.69, 9.17) is 23.2 Å². The molecule has 0 saturated heterocycles. The van der Waals surface area contributed by atoms with E-state index in [1.165, 1.54) is 0 Å². The van der Waals surface area contributed by atoms with Crippen LogP contribution in [0.25, 0.3) is 0 Å². The minimum atomic E-state index is -0.393. The van der Waals surface area contributed by atoms with Crippen molar-refractivity contribution in [3.05, 3.63) is 0 Å². The number of halogens is 3. The first-order valence-corrected chi connectivity index (χ1v) is 2.98. The topological polar surface area (TPSA) is 0 Å². The van der Waals surface area contributed by atoms with Crippen molar-refractivity contribution in [1.29, 1.82) is 0 Å². The van der Waals surface area contributed by atoms with Crippen molar-refractivity contribution < 1.29 is 4.39 Å². The summed E-state index contributed by atoms with van der Waals surface area (Å²) >= 11 is 10.5. The summed E-state index contributed by atoms with van der Waals surface area (Å²) in [7, 11) is 0. The van der Waals surface area contributed by atoms with Crippen molar-refractivity contribution in [2.45, 2.75) is 17.7 Å². The molecule has 0 radical (unpaired) electrons. The lowest BCUT2D eigenvalue weighted by Gasteiger charge is -1.92. The average molecular weight is 145 g/mol. The Hall–Kier alpha value is 0.510. The minimum absolute atomic E-state index is 0.323. The Morgan fingerprint density at radius 2 is 2.00 bits per heavy atom. The lowest BCUT2D eigenvalue weighted by Crippen LogP contribution is -1.86. The molecule has 0 spiro atoms. The van der Waals surface area contributed by atoms with Crippen molar-refractivity contribution in [1.82, 2.24) is 0 Å². The molecule has 0 unspecified atom stereocenters. The SMILES string of the molecule is FCCCC(Cl)Cl. The summed E-state index contributed by atoms with van der Waals surface area (Å²) in [5.41, 5.74) is 0. The van der Waals surface area contributed by atoms with Crippen LogP contribution in [0.15, 0.2) is 0 Å². The van der Waals surface area contributed by atoms with E-state index in [0.717, 1.165) is 0 Å². The summed E-state index contributed by atoms with van der Waals surface area (Å²) in [6.07, 6.45) is 1.03. The quantitative estimate of drug-likeness (QED) is 0.535. The molecule has 0 N–H and O–H groups in total. The van der Waals surface area contributed by atoms with E-state index in [0.29, 0.717) is 12.8 Å². The fourth-order valence-electron chi connectivity index (χ4n) is 0.231. The van der Waals surface area contributed by atoms with E-state index in [-0.39, 0.29) is 6.67 Å². The van der Waals surface area contributed by atoms with Crippen LogP contribution in [0.5, 0.6) is 0 Å². The number of hydrogen-bond acceptors (Lipinski definition) is 0. The molecule has 0 aromatic rings. The first kappa shape index (κ1) is 7.51. The third-order valence-corrected chi connectivity index (χ3v) is 0.992. The lowest BCUT2D eigenvalue weighted by molar-refractivity contribution is 0.467. The van der Waals surface area contributed by atoms with Gasteiger partial charge in [0.05, 0.1) is 6.67 Å². The van der Waals surface area contributed by atoms with Gasteiger partial charge in [-0.2, -0.15) is 0 Å². The molecule has 0 aromatic heterocycles. The van der Waals surface area contributed by atoms with Gasteiger partial charge in [0.25, 0.3) is 0 Å². The summed E-state index contributed by atoms with van der Waals surface area (Å²) in [4.78, 5) is -0.393. The first-order valence-electron chi connectivity index (χ1n) is 2.11. The van der Waals surface area contributed by atoms with Crippen molar-refractivity contribution >= 4 is 23.2 Å². The van der Waals surface area contributed by atoms with Crippen LogP contribution in [0.1, 0.15) is 12.8 Å². The normalized spacial score (nSPS) is 10.3.